The number of rotatable bonds is 5. The molecule has 1 N–H and O–H groups in total. The molecule has 0 unspecified atom stereocenters. The number of para-hydroxylation sites is 2. The van der Waals surface area contributed by atoms with Crippen molar-refractivity contribution in [2.24, 2.45) is 5.92 Å². The number of amides is 2. The van der Waals surface area contributed by atoms with Gasteiger partial charge in [-0.3, -0.25) is 9.59 Å². The van der Waals surface area contributed by atoms with Gasteiger partial charge in [-0.2, -0.15) is 0 Å². The highest BCUT2D eigenvalue weighted by molar-refractivity contribution is 5.98. The lowest BCUT2D eigenvalue weighted by Gasteiger charge is -2.36. The summed E-state index contributed by atoms with van der Waals surface area (Å²) in [6, 6.07) is 17.6. The molecule has 0 spiro atoms. The fraction of sp³-hybridized carbons (Fsp3) is 0.417. The quantitative estimate of drug-likeness (QED) is 0.844. The normalized spacial score (nSPS) is 19.2. The molecule has 1 saturated carbocycles. The summed E-state index contributed by atoms with van der Waals surface area (Å²) < 4.78 is 5.96. The van der Waals surface area contributed by atoms with Gasteiger partial charge in [-0.15, -0.1) is 0 Å². The third-order valence-electron chi connectivity index (χ3n) is 5.84. The number of anilines is 1. The first-order valence-electron chi connectivity index (χ1n) is 10.6. The molecule has 2 aromatic carbocycles. The van der Waals surface area contributed by atoms with Crippen LogP contribution in [0.2, 0.25) is 0 Å². The third-order valence-corrected chi connectivity index (χ3v) is 5.84. The van der Waals surface area contributed by atoms with Crippen LogP contribution in [-0.4, -0.2) is 31.0 Å². The standard InChI is InChI=1S/C24H28N2O3/c27-23(25-16-15-18-9-3-1-4-10-18)22-17-26(20-13-7-8-14-21(20)29-22)24(28)19-11-5-2-6-12-19/h1,3-4,7-10,13-14,19,22H,2,5-6,11-12,15-17H2,(H,25,27)/t22-/m0/s1. The van der Waals surface area contributed by atoms with Crippen LogP contribution in [0.25, 0.3) is 0 Å². The summed E-state index contributed by atoms with van der Waals surface area (Å²) in [6.07, 6.45) is 5.36. The molecule has 2 amide bonds. The maximum Gasteiger partial charge on any atom is 0.262 e. The summed E-state index contributed by atoms with van der Waals surface area (Å²) in [6.45, 7) is 0.810. The number of carbonyl (C=O) groups is 2. The average Bonchev–Trinajstić information content (AvgIpc) is 2.79. The Hall–Kier alpha value is -2.82. The minimum Gasteiger partial charge on any atom is -0.477 e. The van der Waals surface area contributed by atoms with Gasteiger partial charge in [0.1, 0.15) is 5.75 Å². The van der Waals surface area contributed by atoms with Gasteiger partial charge in [0, 0.05) is 12.5 Å². The lowest BCUT2D eigenvalue weighted by atomic mass is 9.88. The van der Waals surface area contributed by atoms with Gasteiger partial charge in [0.05, 0.1) is 12.2 Å². The van der Waals surface area contributed by atoms with Crippen molar-refractivity contribution >= 4 is 17.5 Å². The van der Waals surface area contributed by atoms with Gasteiger partial charge in [0.25, 0.3) is 5.91 Å². The zero-order valence-corrected chi connectivity index (χ0v) is 16.7. The van der Waals surface area contributed by atoms with E-state index in [0.717, 1.165) is 37.8 Å². The monoisotopic (exact) mass is 392 g/mol. The Morgan fingerprint density at radius 3 is 2.48 bits per heavy atom. The van der Waals surface area contributed by atoms with E-state index in [9.17, 15) is 9.59 Å². The van der Waals surface area contributed by atoms with Crippen LogP contribution in [0.5, 0.6) is 5.75 Å². The summed E-state index contributed by atoms with van der Waals surface area (Å²) in [7, 11) is 0. The molecule has 5 heteroatoms. The maximum atomic E-state index is 13.2. The first-order chi connectivity index (χ1) is 14.2. The van der Waals surface area contributed by atoms with Crippen molar-refractivity contribution in [3.63, 3.8) is 0 Å². The largest absolute Gasteiger partial charge is 0.477 e. The van der Waals surface area contributed by atoms with Crippen molar-refractivity contribution < 1.29 is 14.3 Å². The van der Waals surface area contributed by atoms with Crippen LogP contribution in [0, 0.1) is 5.92 Å². The van der Waals surface area contributed by atoms with Gasteiger partial charge < -0.3 is 15.0 Å². The molecule has 1 aliphatic heterocycles. The van der Waals surface area contributed by atoms with Crippen LogP contribution in [0.4, 0.5) is 5.69 Å². The second-order valence-electron chi connectivity index (χ2n) is 7.88. The summed E-state index contributed by atoms with van der Waals surface area (Å²) in [5, 5.41) is 2.97. The van der Waals surface area contributed by atoms with Crippen molar-refractivity contribution in [3.05, 3.63) is 60.2 Å². The molecule has 0 radical (unpaired) electrons. The Morgan fingerprint density at radius 2 is 1.69 bits per heavy atom. The molecule has 0 aromatic heterocycles. The Labute approximate surface area is 172 Å². The van der Waals surface area contributed by atoms with E-state index in [2.05, 4.69) is 5.32 Å². The molecule has 4 rings (SSSR count). The predicted octanol–water partition coefficient (Wildman–Crippen LogP) is 3.72. The molecule has 1 fully saturated rings. The first kappa shape index (κ1) is 19.5. The van der Waals surface area contributed by atoms with E-state index in [1.54, 1.807) is 4.90 Å². The molecule has 1 aliphatic carbocycles. The summed E-state index contributed by atoms with van der Waals surface area (Å²) in [5.41, 5.74) is 1.95. The lowest BCUT2D eigenvalue weighted by Crippen LogP contribution is -2.52. The molecule has 29 heavy (non-hydrogen) atoms. The van der Waals surface area contributed by atoms with Gasteiger partial charge in [-0.1, -0.05) is 61.7 Å². The molecule has 2 aliphatic rings. The fourth-order valence-electron chi connectivity index (χ4n) is 4.24. The van der Waals surface area contributed by atoms with Gasteiger partial charge in [0.15, 0.2) is 6.10 Å². The van der Waals surface area contributed by atoms with E-state index in [0.29, 0.717) is 12.3 Å². The number of benzene rings is 2. The Morgan fingerprint density at radius 1 is 0.966 bits per heavy atom. The van der Waals surface area contributed by atoms with E-state index in [1.807, 2.05) is 54.6 Å². The molecule has 152 valence electrons. The summed E-state index contributed by atoms with van der Waals surface area (Å²) in [5.74, 6) is 0.613. The number of nitrogens with zero attached hydrogens (tertiary/aromatic N) is 1. The number of carbonyl (C=O) groups excluding carboxylic acids is 2. The van der Waals surface area contributed by atoms with E-state index >= 15 is 0 Å². The minimum absolute atomic E-state index is 0.0525. The van der Waals surface area contributed by atoms with Crippen LogP contribution >= 0.6 is 0 Å². The Kier molecular flexibility index (Phi) is 6.13. The molecule has 2 aromatic rings. The minimum atomic E-state index is -0.687. The van der Waals surface area contributed by atoms with Crippen LogP contribution in [-0.2, 0) is 16.0 Å². The number of nitrogens with one attached hydrogen (secondary N) is 1. The smallest absolute Gasteiger partial charge is 0.262 e. The van der Waals surface area contributed by atoms with Gasteiger partial charge >= 0.3 is 0 Å². The van der Waals surface area contributed by atoms with E-state index < -0.39 is 6.10 Å². The predicted molar refractivity (Wildman–Crippen MR) is 113 cm³/mol. The zero-order chi connectivity index (χ0) is 20.1. The fourth-order valence-corrected chi connectivity index (χ4v) is 4.24. The number of ether oxygens (including phenoxy) is 1. The molecule has 0 saturated heterocycles. The van der Waals surface area contributed by atoms with Crippen molar-refractivity contribution in [1.29, 1.82) is 0 Å². The number of hydrogen-bond donors (Lipinski definition) is 1. The SMILES string of the molecule is O=C(NCCc1ccccc1)[C@@H]1CN(C(=O)C2CCCCC2)c2ccccc2O1. The van der Waals surface area contributed by atoms with E-state index in [4.69, 9.17) is 4.74 Å². The highest BCUT2D eigenvalue weighted by Crippen LogP contribution is 2.36. The molecule has 5 nitrogen and oxygen atoms in total. The second-order valence-corrected chi connectivity index (χ2v) is 7.88. The Balaban J connectivity index is 1.43. The maximum absolute atomic E-state index is 13.2. The average molecular weight is 392 g/mol. The highest BCUT2D eigenvalue weighted by Gasteiger charge is 2.36. The van der Waals surface area contributed by atoms with Gasteiger partial charge in [-0.25, -0.2) is 0 Å². The Bertz CT molecular complexity index is 846. The van der Waals surface area contributed by atoms with Gasteiger partial charge in [-0.05, 0) is 37.0 Å². The summed E-state index contributed by atoms with van der Waals surface area (Å²) >= 11 is 0. The molecule has 1 heterocycles. The molecular weight excluding hydrogens is 364 g/mol. The lowest BCUT2D eigenvalue weighted by molar-refractivity contribution is -0.129. The van der Waals surface area contributed by atoms with E-state index in [1.165, 1.54) is 12.0 Å². The molecular formula is C24H28N2O3. The van der Waals surface area contributed by atoms with Crippen LogP contribution in [0.15, 0.2) is 54.6 Å². The van der Waals surface area contributed by atoms with Crippen molar-refractivity contribution in [1.82, 2.24) is 5.32 Å². The zero-order valence-electron chi connectivity index (χ0n) is 16.7. The van der Waals surface area contributed by atoms with Crippen molar-refractivity contribution in [2.75, 3.05) is 18.0 Å². The van der Waals surface area contributed by atoms with Crippen molar-refractivity contribution in [2.45, 2.75) is 44.6 Å². The van der Waals surface area contributed by atoms with Crippen molar-refractivity contribution in [3.8, 4) is 5.75 Å². The van der Waals surface area contributed by atoms with Crippen LogP contribution < -0.4 is 15.0 Å². The van der Waals surface area contributed by atoms with Gasteiger partial charge in [0.2, 0.25) is 5.91 Å². The summed E-state index contributed by atoms with van der Waals surface area (Å²) in [4.78, 5) is 27.8. The van der Waals surface area contributed by atoms with E-state index in [-0.39, 0.29) is 24.3 Å². The number of fused-ring (bicyclic) bond motifs is 1. The molecule has 1 atom stereocenters. The number of hydrogen-bond acceptors (Lipinski definition) is 3. The third kappa shape index (κ3) is 4.61. The highest BCUT2D eigenvalue weighted by atomic mass is 16.5. The topological polar surface area (TPSA) is 58.6 Å². The molecule has 0 bridgehead atoms. The van der Waals surface area contributed by atoms with Crippen LogP contribution in [0.1, 0.15) is 37.7 Å². The second kappa shape index (κ2) is 9.12. The first-order valence-corrected chi connectivity index (χ1v) is 10.6. The van der Waals surface area contributed by atoms with Crippen LogP contribution in [0.3, 0.4) is 0 Å².